The van der Waals surface area contributed by atoms with Crippen molar-refractivity contribution in [2.45, 2.75) is 33.0 Å². The Hall–Kier alpha value is -4.27. The second-order valence-corrected chi connectivity index (χ2v) is 7.98. The molecule has 0 unspecified atom stereocenters. The Morgan fingerprint density at radius 3 is 2.19 bits per heavy atom. The predicted molar refractivity (Wildman–Crippen MR) is 128 cm³/mol. The van der Waals surface area contributed by atoms with Crippen molar-refractivity contribution in [3.8, 4) is 11.8 Å². The Bertz CT molecular complexity index is 1400. The quantitative estimate of drug-likeness (QED) is 0.532. The number of amides is 3. The lowest BCUT2D eigenvalue weighted by Crippen LogP contribution is -2.38. The van der Waals surface area contributed by atoms with E-state index in [0.717, 1.165) is 42.5 Å². The minimum atomic E-state index is -4.86. The number of fused-ring (bicyclic) bond motifs is 1. The number of alkyl halides is 3. The molecule has 2 N–H and O–H groups in total. The molecule has 36 heavy (non-hydrogen) atoms. The zero-order valence-corrected chi connectivity index (χ0v) is 20.0. The van der Waals surface area contributed by atoms with Crippen molar-refractivity contribution in [2.24, 2.45) is 5.73 Å². The Kier molecular flexibility index (Phi) is 7.43. The molecular weight excluding hydrogens is 477 g/mol. The van der Waals surface area contributed by atoms with E-state index in [1.807, 2.05) is 13.8 Å². The summed E-state index contributed by atoms with van der Waals surface area (Å²) in [5.41, 5.74) is 3.84. The van der Waals surface area contributed by atoms with Crippen LogP contribution in [0.2, 0.25) is 0 Å². The van der Waals surface area contributed by atoms with Gasteiger partial charge in [-0.1, -0.05) is 0 Å². The molecule has 0 aliphatic heterocycles. The Labute approximate surface area is 204 Å². The van der Waals surface area contributed by atoms with Gasteiger partial charge < -0.3 is 10.6 Å². The fraction of sp³-hybridized carbons (Fsp3) is 0.333. The van der Waals surface area contributed by atoms with Gasteiger partial charge in [-0.2, -0.15) is 18.4 Å². The lowest BCUT2D eigenvalue weighted by atomic mass is 10.0. The van der Waals surface area contributed by atoms with E-state index in [4.69, 9.17) is 5.73 Å². The number of halogens is 3. The number of anilines is 1. The van der Waals surface area contributed by atoms with E-state index >= 15 is 0 Å². The number of aromatic nitrogens is 2. The summed E-state index contributed by atoms with van der Waals surface area (Å²) in [6.07, 6.45) is -5.72. The van der Waals surface area contributed by atoms with Crippen LogP contribution in [0.5, 0.6) is 0 Å². The van der Waals surface area contributed by atoms with E-state index in [2.05, 4.69) is 4.90 Å². The smallest absolute Gasteiger partial charge is 0.372 e. The molecule has 3 rings (SSSR count). The van der Waals surface area contributed by atoms with E-state index < -0.39 is 47.9 Å². The number of urea groups is 1. The zero-order chi connectivity index (χ0) is 26.8. The van der Waals surface area contributed by atoms with Crippen LogP contribution < -0.4 is 16.3 Å². The molecule has 1 heterocycles. The van der Waals surface area contributed by atoms with Gasteiger partial charge in [0.2, 0.25) is 5.91 Å². The van der Waals surface area contributed by atoms with Crippen LogP contribution in [0.25, 0.3) is 16.7 Å². The highest BCUT2D eigenvalue weighted by Gasteiger charge is 2.36. The van der Waals surface area contributed by atoms with Crippen LogP contribution in [0, 0.1) is 11.3 Å². The van der Waals surface area contributed by atoms with Crippen molar-refractivity contribution in [1.82, 2.24) is 14.0 Å². The van der Waals surface area contributed by atoms with Crippen molar-refractivity contribution in [1.29, 1.82) is 5.26 Å². The highest BCUT2D eigenvalue weighted by Crippen LogP contribution is 2.36. The van der Waals surface area contributed by atoms with Crippen molar-refractivity contribution in [3.63, 3.8) is 0 Å². The SMILES string of the molecule is CCN(CC)c1ccc(-n2c(=O)n(CC#N)c3c(CC(=O)N(C)C(N)=O)c(C(F)(F)F)ccc32)cc1. The topological polar surface area (TPSA) is 117 Å². The van der Waals surface area contributed by atoms with E-state index in [1.54, 1.807) is 30.3 Å². The summed E-state index contributed by atoms with van der Waals surface area (Å²) in [5.74, 6) is -0.993. The summed E-state index contributed by atoms with van der Waals surface area (Å²) < 4.78 is 43.9. The molecule has 3 aromatic rings. The second kappa shape index (κ2) is 10.2. The molecule has 0 saturated heterocycles. The monoisotopic (exact) mass is 502 g/mol. The number of nitriles is 1. The van der Waals surface area contributed by atoms with Crippen LogP contribution in [-0.2, 0) is 23.9 Å². The Morgan fingerprint density at radius 1 is 1.08 bits per heavy atom. The molecule has 9 nitrogen and oxygen atoms in total. The maximum Gasteiger partial charge on any atom is 0.416 e. The second-order valence-electron chi connectivity index (χ2n) is 7.98. The summed E-state index contributed by atoms with van der Waals surface area (Å²) in [4.78, 5) is 39.9. The standard InChI is InChI=1S/C24H25F3N6O3/c1-4-31(5-2)15-6-8-16(9-7-15)33-19-11-10-18(24(25,26)27)17(14-20(34)30(3)22(29)35)21(19)32(13-12-28)23(33)36/h6-11H,4-5,13-14H2,1-3H3,(H2,29,35). The molecule has 0 bridgehead atoms. The number of carbonyl (C=O) groups excluding carboxylic acids is 2. The van der Waals surface area contributed by atoms with E-state index in [-0.39, 0.29) is 11.0 Å². The number of nitrogens with zero attached hydrogens (tertiary/aromatic N) is 5. The molecule has 0 fully saturated rings. The average Bonchev–Trinajstić information content (AvgIpc) is 3.11. The van der Waals surface area contributed by atoms with Gasteiger partial charge in [-0.3, -0.25) is 18.8 Å². The lowest BCUT2D eigenvalue weighted by Gasteiger charge is -2.21. The van der Waals surface area contributed by atoms with Gasteiger partial charge in [0.05, 0.1) is 34.8 Å². The highest BCUT2D eigenvalue weighted by molar-refractivity contribution is 5.96. The predicted octanol–water partition coefficient (Wildman–Crippen LogP) is 3.26. The number of imidazole rings is 1. The summed E-state index contributed by atoms with van der Waals surface area (Å²) in [6.45, 7) is 4.96. The first-order valence-corrected chi connectivity index (χ1v) is 11.1. The molecule has 3 amide bonds. The van der Waals surface area contributed by atoms with E-state index in [1.165, 1.54) is 4.57 Å². The molecule has 1 aromatic heterocycles. The van der Waals surface area contributed by atoms with Crippen molar-refractivity contribution < 1.29 is 22.8 Å². The lowest BCUT2D eigenvalue weighted by molar-refractivity contribution is -0.138. The first-order chi connectivity index (χ1) is 17.0. The molecule has 0 aliphatic carbocycles. The third-order valence-electron chi connectivity index (χ3n) is 6.00. The number of carbonyl (C=O) groups is 2. The number of imide groups is 1. The zero-order valence-electron chi connectivity index (χ0n) is 20.0. The number of benzene rings is 2. The number of nitrogens with two attached hydrogens (primary N) is 1. The molecule has 190 valence electrons. The largest absolute Gasteiger partial charge is 0.416 e. The summed E-state index contributed by atoms with van der Waals surface area (Å²) >= 11 is 0. The molecule has 0 spiro atoms. The van der Waals surface area contributed by atoms with Crippen LogP contribution >= 0.6 is 0 Å². The molecule has 0 radical (unpaired) electrons. The maximum atomic E-state index is 13.9. The maximum absolute atomic E-state index is 13.9. The number of hydrogen-bond donors (Lipinski definition) is 1. The first-order valence-electron chi connectivity index (χ1n) is 11.1. The normalized spacial score (nSPS) is 11.4. The van der Waals surface area contributed by atoms with Gasteiger partial charge in [0.1, 0.15) is 6.54 Å². The first kappa shape index (κ1) is 26.3. The van der Waals surface area contributed by atoms with E-state index in [9.17, 15) is 32.8 Å². The molecule has 2 aromatic carbocycles. The van der Waals surface area contributed by atoms with Gasteiger partial charge >= 0.3 is 17.9 Å². The van der Waals surface area contributed by atoms with Gasteiger partial charge in [0, 0.05) is 25.8 Å². The third kappa shape index (κ3) is 4.77. The summed E-state index contributed by atoms with van der Waals surface area (Å²) in [5, 5.41) is 9.32. The average molecular weight is 502 g/mol. The molecule has 0 aliphatic rings. The Morgan fingerprint density at radius 2 is 1.69 bits per heavy atom. The fourth-order valence-electron chi connectivity index (χ4n) is 4.13. The van der Waals surface area contributed by atoms with Crippen molar-refractivity contribution in [2.75, 3.05) is 25.0 Å². The molecule has 12 heteroatoms. The van der Waals surface area contributed by atoms with Gasteiger partial charge in [0.25, 0.3) is 0 Å². The van der Waals surface area contributed by atoms with Crippen LogP contribution in [0.3, 0.4) is 0 Å². The summed E-state index contributed by atoms with van der Waals surface area (Å²) in [6, 6.07) is 9.48. The van der Waals surface area contributed by atoms with Gasteiger partial charge in [-0.25, -0.2) is 9.59 Å². The van der Waals surface area contributed by atoms with Crippen LogP contribution in [0.15, 0.2) is 41.2 Å². The van der Waals surface area contributed by atoms with Gasteiger partial charge in [-0.05, 0) is 55.8 Å². The van der Waals surface area contributed by atoms with Crippen molar-refractivity contribution in [3.05, 3.63) is 58.0 Å². The van der Waals surface area contributed by atoms with Crippen LogP contribution in [-0.4, -0.2) is 46.1 Å². The summed E-state index contributed by atoms with van der Waals surface area (Å²) in [7, 11) is 1.04. The van der Waals surface area contributed by atoms with Gasteiger partial charge in [-0.15, -0.1) is 0 Å². The van der Waals surface area contributed by atoms with Gasteiger partial charge in [0.15, 0.2) is 0 Å². The van der Waals surface area contributed by atoms with Crippen molar-refractivity contribution >= 4 is 28.7 Å². The van der Waals surface area contributed by atoms with Crippen LogP contribution in [0.1, 0.15) is 25.0 Å². The van der Waals surface area contributed by atoms with E-state index in [0.29, 0.717) is 10.6 Å². The number of rotatable bonds is 7. The molecule has 0 atom stereocenters. The highest BCUT2D eigenvalue weighted by atomic mass is 19.4. The number of hydrogen-bond acceptors (Lipinski definition) is 5. The fourth-order valence-corrected chi connectivity index (χ4v) is 4.13. The van der Waals surface area contributed by atoms with Crippen LogP contribution in [0.4, 0.5) is 23.7 Å². The number of primary amides is 1. The minimum absolute atomic E-state index is 0.0865. The molecular formula is C24H25F3N6O3. The third-order valence-corrected chi connectivity index (χ3v) is 6.00. The Balaban J connectivity index is 2.33. The number of likely N-dealkylation sites (N-methyl/N-ethyl adjacent to an activating group) is 1. The minimum Gasteiger partial charge on any atom is -0.372 e. The molecule has 0 saturated carbocycles.